The number of hydrogen-bond donors (Lipinski definition) is 3. The van der Waals surface area contributed by atoms with Gasteiger partial charge in [0.15, 0.2) is 17.5 Å². The lowest BCUT2D eigenvalue weighted by molar-refractivity contribution is 0.216. The van der Waals surface area contributed by atoms with E-state index in [1.807, 2.05) is 30.3 Å². The third kappa shape index (κ3) is 4.46. The fraction of sp³-hybridized carbons (Fsp3) is 0.188. The molecular weight excluding hydrogens is 309 g/mol. The summed E-state index contributed by atoms with van der Waals surface area (Å²) in [5.74, 6) is -4.37. The van der Waals surface area contributed by atoms with Crippen molar-refractivity contribution in [1.82, 2.24) is 10.6 Å². The molecule has 0 radical (unpaired) electrons. The van der Waals surface area contributed by atoms with Gasteiger partial charge in [-0.3, -0.25) is 0 Å². The molecule has 3 N–H and O–H groups in total. The van der Waals surface area contributed by atoms with E-state index in [1.165, 1.54) is 0 Å². The second-order valence-corrected chi connectivity index (χ2v) is 4.85. The zero-order valence-corrected chi connectivity index (χ0v) is 12.0. The quantitative estimate of drug-likeness (QED) is 0.741. The highest BCUT2D eigenvalue weighted by molar-refractivity contribution is 5.74. The summed E-state index contributed by atoms with van der Waals surface area (Å²) in [6.07, 6.45) is 0. The molecule has 0 spiro atoms. The minimum atomic E-state index is -1.60. The van der Waals surface area contributed by atoms with Crippen LogP contribution in [0, 0.1) is 17.5 Å². The maximum absolute atomic E-state index is 13.2. The Morgan fingerprint density at radius 2 is 1.70 bits per heavy atom. The van der Waals surface area contributed by atoms with E-state index in [4.69, 9.17) is 0 Å². The maximum atomic E-state index is 13.2. The van der Waals surface area contributed by atoms with Crippen molar-refractivity contribution in [1.29, 1.82) is 0 Å². The van der Waals surface area contributed by atoms with Gasteiger partial charge in [0.2, 0.25) is 0 Å². The second kappa shape index (κ2) is 7.64. The molecule has 2 aromatic carbocycles. The Bertz CT molecular complexity index is 657. The van der Waals surface area contributed by atoms with E-state index in [9.17, 15) is 23.1 Å². The van der Waals surface area contributed by atoms with Crippen LogP contribution in [-0.4, -0.2) is 17.7 Å². The van der Waals surface area contributed by atoms with Gasteiger partial charge in [-0.15, -0.1) is 0 Å². The molecule has 0 aliphatic heterocycles. The molecule has 0 aliphatic rings. The fourth-order valence-electron chi connectivity index (χ4n) is 2.00. The summed E-state index contributed by atoms with van der Waals surface area (Å²) in [6.45, 7) is -0.347. The number of carbonyl (C=O) groups is 1. The van der Waals surface area contributed by atoms with Gasteiger partial charge in [0.1, 0.15) is 0 Å². The summed E-state index contributed by atoms with van der Waals surface area (Å²) in [5, 5.41) is 14.2. The van der Waals surface area contributed by atoms with Crippen molar-refractivity contribution in [2.75, 3.05) is 6.61 Å². The molecule has 2 aromatic rings. The Morgan fingerprint density at radius 3 is 2.26 bits per heavy atom. The number of aliphatic hydroxyl groups excluding tert-OH is 1. The van der Waals surface area contributed by atoms with Gasteiger partial charge in [-0.1, -0.05) is 30.3 Å². The van der Waals surface area contributed by atoms with Gasteiger partial charge in [-0.05, 0) is 23.3 Å². The molecule has 122 valence electrons. The average Bonchev–Trinajstić information content (AvgIpc) is 2.56. The van der Waals surface area contributed by atoms with Crippen molar-refractivity contribution >= 4 is 6.03 Å². The summed E-state index contributed by atoms with van der Waals surface area (Å²) in [6, 6.07) is 8.87. The van der Waals surface area contributed by atoms with Crippen molar-refractivity contribution in [3.05, 3.63) is 71.0 Å². The van der Waals surface area contributed by atoms with Gasteiger partial charge in [0.05, 0.1) is 12.6 Å². The van der Waals surface area contributed by atoms with Crippen LogP contribution in [0.3, 0.4) is 0 Å². The minimum absolute atomic E-state index is 0.0706. The van der Waals surface area contributed by atoms with Gasteiger partial charge in [0, 0.05) is 6.54 Å². The Labute approximate surface area is 131 Å². The van der Waals surface area contributed by atoms with Gasteiger partial charge in [-0.25, -0.2) is 18.0 Å². The monoisotopic (exact) mass is 324 g/mol. The topological polar surface area (TPSA) is 61.4 Å². The molecule has 0 bridgehead atoms. The van der Waals surface area contributed by atoms with Gasteiger partial charge in [0.25, 0.3) is 0 Å². The van der Waals surface area contributed by atoms with Gasteiger partial charge >= 0.3 is 6.03 Å². The first kappa shape index (κ1) is 16.8. The predicted molar refractivity (Wildman–Crippen MR) is 78.0 cm³/mol. The zero-order chi connectivity index (χ0) is 16.8. The van der Waals surface area contributed by atoms with E-state index >= 15 is 0 Å². The molecule has 4 nitrogen and oxygen atoms in total. The first-order chi connectivity index (χ1) is 11.0. The summed E-state index contributed by atoms with van der Waals surface area (Å²) in [4.78, 5) is 11.8. The van der Waals surface area contributed by atoms with Crippen molar-refractivity contribution in [3.63, 3.8) is 0 Å². The van der Waals surface area contributed by atoms with E-state index < -0.39 is 36.1 Å². The molecule has 2 amide bonds. The van der Waals surface area contributed by atoms with Crippen LogP contribution in [0.1, 0.15) is 17.2 Å². The lowest BCUT2D eigenvalue weighted by Crippen LogP contribution is -2.39. The Balaban J connectivity index is 2.00. The van der Waals surface area contributed by atoms with E-state index in [1.54, 1.807) is 0 Å². The molecule has 0 saturated carbocycles. The van der Waals surface area contributed by atoms with E-state index in [-0.39, 0.29) is 12.1 Å². The van der Waals surface area contributed by atoms with Crippen LogP contribution >= 0.6 is 0 Å². The van der Waals surface area contributed by atoms with E-state index in [0.29, 0.717) is 0 Å². The van der Waals surface area contributed by atoms with Crippen LogP contribution < -0.4 is 10.6 Å². The molecule has 0 heterocycles. The summed E-state index contributed by atoms with van der Waals surface area (Å²) < 4.78 is 39.4. The van der Waals surface area contributed by atoms with E-state index in [0.717, 1.165) is 17.7 Å². The fourth-order valence-corrected chi connectivity index (χ4v) is 2.00. The van der Waals surface area contributed by atoms with Gasteiger partial charge < -0.3 is 15.7 Å². The van der Waals surface area contributed by atoms with E-state index in [2.05, 4.69) is 10.6 Å². The number of amides is 2. The molecule has 23 heavy (non-hydrogen) atoms. The molecule has 7 heteroatoms. The first-order valence-corrected chi connectivity index (χ1v) is 6.85. The first-order valence-electron chi connectivity index (χ1n) is 6.85. The van der Waals surface area contributed by atoms with Crippen LogP contribution in [-0.2, 0) is 6.54 Å². The van der Waals surface area contributed by atoms with Crippen molar-refractivity contribution in [2.45, 2.75) is 12.6 Å². The summed E-state index contributed by atoms with van der Waals surface area (Å²) in [5.41, 5.74) is 0.792. The predicted octanol–water partition coefficient (Wildman–Crippen LogP) is 2.64. The van der Waals surface area contributed by atoms with Crippen LogP contribution in [0.2, 0.25) is 0 Å². The van der Waals surface area contributed by atoms with Crippen LogP contribution in [0.25, 0.3) is 0 Å². The molecule has 0 fully saturated rings. The largest absolute Gasteiger partial charge is 0.394 e. The van der Waals surface area contributed by atoms with Crippen LogP contribution in [0.5, 0.6) is 0 Å². The maximum Gasteiger partial charge on any atom is 0.315 e. The summed E-state index contributed by atoms with van der Waals surface area (Å²) >= 11 is 0. The lowest BCUT2D eigenvalue weighted by Gasteiger charge is -2.17. The highest BCUT2D eigenvalue weighted by Crippen LogP contribution is 2.19. The molecule has 1 atom stereocenters. The number of benzene rings is 2. The number of carbonyl (C=O) groups excluding carboxylic acids is 1. The SMILES string of the molecule is O=C(NCc1ccccc1)NC(CO)c1cc(F)c(F)c(F)c1. The number of aliphatic hydroxyl groups is 1. The van der Waals surface area contributed by atoms with Crippen molar-refractivity contribution < 1.29 is 23.1 Å². The average molecular weight is 324 g/mol. The standard InChI is InChI=1S/C16H15F3N2O2/c17-12-6-11(7-13(18)15(12)19)14(9-22)21-16(23)20-8-10-4-2-1-3-5-10/h1-7,14,22H,8-9H2,(H2,20,21,23). The number of nitrogens with one attached hydrogen (secondary N) is 2. The highest BCUT2D eigenvalue weighted by Gasteiger charge is 2.18. The molecule has 0 saturated heterocycles. The Kier molecular flexibility index (Phi) is 5.59. The number of rotatable bonds is 5. The highest BCUT2D eigenvalue weighted by atomic mass is 19.2. The van der Waals surface area contributed by atoms with Crippen molar-refractivity contribution in [2.24, 2.45) is 0 Å². The molecule has 0 aromatic heterocycles. The normalized spacial score (nSPS) is 11.8. The van der Waals surface area contributed by atoms with Crippen LogP contribution in [0.15, 0.2) is 42.5 Å². The molecule has 1 unspecified atom stereocenters. The molecule has 2 rings (SSSR count). The van der Waals surface area contributed by atoms with Crippen LogP contribution in [0.4, 0.5) is 18.0 Å². The molecular formula is C16H15F3N2O2. The third-order valence-electron chi connectivity index (χ3n) is 3.19. The number of hydrogen-bond acceptors (Lipinski definition) is 2. The Morgan fingerprint density at radius 1 is 1.09 bits per heavy atom. The number of halogens is 3. The lowest BCUT2D eigenvalue weighted by atomic mass is 10.1. The second-order valence-electron chi connectivity index (χ2n) is 4.85. The third-order valence-corrected chi connectivity index (χ3v) is 3.19. The summed E-state index contributed by atoms with van der Waals surface area (Å²) in [7, 11) is 0. The molecule has 0 aliphatic carbocycles. The van der Waals surface area contributed by atoms with Crippen molar-refractivity contribution in [3.8, 4) is 0 Å². The van der Waals surface area contributed by atoms with Gasteiger partial charge in [-0.2, -0.15) is 0 Å². The number of urea groups is 1. The smallest absolute Gasteiger partial charge is 0.315 e. The minimum Gasteiger partial charge on any atom is -0.394 e. The zero-order valence-electron chi connectivity index (χ0n) is 12.0. The Hall–Kier alpha value is -2.54.